The van der Waals surface area contributed by atoms with E-state index >= 15 is 0 Å². The molecule has 2 rings (SSSR count). The van der Waals surface area contributed by atoms with Crippen LogP contribution in [-0.4, -0.2) is 12.1 Å². The van der Waals surface area contributed by atoms with Crippen molar-refractivity contribution in [1.29, 1.82) is 5.26 Å². The summed E-state index contributed by atoms with van der Waals surface area (Å²) in [6, 6.07) is 6.40. The van der Waals surface area contributed by atoms with Crippen molar-refractivity contribution in [3.8, 4) is 6.07 Å². The summed E-state index contributed by atoms with van der Waals surface area (Å²) in [6.07, 6.45) is 1.91. The van der Waals surface area contributed by atoms with Crippen LogP contribution in [0.15, 0.2) is 18.2 Å². The standard InChI is InChI=1S/C12H13FN2O/c13-10-2-8(6-14)1-9(3-10)7-16-12-4-11(15)5-12/h1-3,11-12H,4-5,7,15H2. The van der Waals surface area contributed by atoms with Crippen LogP contribution < -0.4 is 5.73 Å². The number of halogens is 1. The van der Waals surface area contributed by atoms with Gasteiger partial charge < -0.3 is 10.5 Å². The fourth-order valence-electron chi connectivity index (χ4n) is 1.75. The van der Waals surface area contributed by atoms with Gasteiger partial charge in [0.1, 0.15) is 5.82 Å². The zero-order chi connectivity index (χ0) is 11.5. The second-order valence-electron chi connectivity index (χ2n) is 4.12. The van der Waals surface area contributed by atoms with Gasteiger partial charge in [-0.2, -0.15) is 5.26 Å². The smallest absolute Gasteiger partial charge is 0.124 e. The first-order valence-electron chi connectivity index (χ1n) is 5.24. The topological polar surface area (TPSA) is 59.0 Å². The Hall–Kier alpha value is -1.44. The van der Waals surface area contributed by atoms with E-state index < -0.39 is 5.82 Å². The van der Waals surface area contributed by atoms with Crippen molar-refractivity contribution in [2.75, 3.05) is 0 Å². The highest BCUT2D eigenvalue weighted by Crippen LogP contribution is 2.22. The van der Waals surface area contributed by atoms with Gasteiger partial charge in [0.2, 0.25) is 0 Å². The molecule has 0 aliphatic heterocycles. The first-order chi connectivity index (χ1) is 7.67. The highest BCUT2D eigenvalue weighted by atomic mass is 19.1. The van der Waals surface area contributed by atoms with Crippen molar-refractivity contribution in [2.45, 2.75) is 31.6 Å². The molecule has 0 radical (unpaired) electrons. The summed E-state index contributed by atoms with van der Waals surface area (Å²) in [7, 11) is 0. The molecule has 1 aliphatic carbocycles. The fraction of sp³-hybridized carbons (Fsp3) is 0.417. The Labute approximate surface area is 93.6 Å². The molecule has 84 valence electrons. The van der Waals surface area contributed by atoms with Crippen LogP contribution in [0.4, 0.5) is 4.39 Å². The zero-order valence-electron chi connectivity index (χ0n) is 8.82. The molecule has 0 saturated heterocycles. The summed E-state index contributed by atoms with van der Waals surface area (Å²) in [6.45, 7) is 0.337. The minimum atomic E-state index is -0.400. The van der Waals surface area contributed by atoms with Gasteiger partial charge in [-0.1, -0.05) is 0 Å². The molecular weight excluding hydrogens is 207 g/mol. The third-order valence-electron chi connectivity index (χ3n) is 2.70. The van der Waals surface area contributed by atoms with E-state index in [-0.39, 0.29) is 12.1 Å². The molecule has 0 amide bonds. The third kappa shape index (κ3) is 2.57. The van der Waals surface area contributed by atoms with Crippen LogP contribution >= 0.6 is 0 Å². The van der Waals surface area contributed by atoms with Crippen molar-refractivity contribution in [3.05, 3.63) is 35.1 Å². The van der Waals surface area contributed by atoms with Crippen molar-refractivity contribution in [2.24, 2.45) is 5.73 Å². The Morgan fingerprint density at radius 2 is 2.19 bits per heavy atom. The van der Waals surface area contributed by atoms with Gasteiger partial charge >= 0.3 is 0 Å². The molecule has 3 nitrogen and oxygen atoms in total. The highest BCUT2D eigenvalue weighted by Gasteiger charge is 2.26. The van der Waals surface area contributed by atoms with Gasteiger partial charge in [-0.15, -0.1) is 0 Å². The fourth-order valence-corrected chi connectivity index (χ4v) is 1.75. The molecule has 0 bridgehead atoms. The number of rotatable bonds is 3. The molecule has 0 aromatic heterocycles. The molecule has 1 aliphatic rings. The Morgan fingerprint density at radius 1 is 1.44 bits per heavy atom. The summed E-state index contributed by atoms with van der Waals surface area (Å²) in [5, 5.41) is 8.68. The van der Waals surface area contributed by atoms with Gasteiger partial charge in [0.05, 0.1) is 24.3 Å². The lowest BCUT2D eigenvalue weighted by Crippen LogP contribution is -2.41. The van der Waals surface area contributed by atoms with E-state index in [4.69, 9.17) is 15.7 Å². The lowest BCUT2D eigenvalue weighted by Gasteiger charge is -2.32. The number of hydrogen-bond donors (Lipinski definition) is 1. The summed E-state index contributed by atoms with van der Waals surface area (Å²) >= 11 is 0. The van der Waals surface area contributed by atoms with E-state index in [1.807, 2.05) is 6.07 Å². The van der Waals surface area contributed by atoms with Crippen molar-refractivity contribution < 1.29 is 9.13 Å². The lowest BCUT2D eigenvalue weighted by atomic mass is 9.90. The van der Waals surface area contributed by atoms with Gasteiger partial charge in [0, 0.05) is 6.04 Å². The van der Waals surface area contributed by atoms with E-state index in [1.54, 1.807) is 6.07 Å². The second kappa shape index (κ2) is 4.60. The average molecular weight is 220 g/mol. The molecule has 0 unspecified atom stereocenters. The van der Waals surface area contributed by atoms with Crippen LogP contribution in [0, 0.1) is 17.1 Å². The maximum Gasteiger partial charge on any atom is 0.124 e. The Morgan fingerprint density at radius 3 is 2.81 bits per heavy atom. The van der Waals surface area contributed by atoms with Gasteiger partial charge in [-0.05, 0) is 36.6 Å². The predicted octanol–water partition coefficient (Wildman–Crippen LogP) is 1.70. The summed E-state index contributed by atoms with van der Waals surface area (Å²) < 4.78 is 18.6. The molecular formula is C12H13FN2O. The van der Waals surface area contributed by atoms with Gasteiger partial charge in [0.25, 0.3) is 0 Å². The van der Waals surface area contributed by atoms with Crippen molar-refractivity contribution >= 4 is 0 Å². The van der Waals surface area contributed by atoms with Gasteiger partial charge in [0.15, 0.2) is 0 Å². The quantitative estimate of drug-likeness (QED) is 0.843. The number of nitrogens with two attached hydrogens (primary N) is 1. The first-order valence-corrected chi connectivity index (χ1v) is 5.24. The van der Waals surface area contributed by atoms with Gasteiger partial charge in [-0.3, -0.25) is 0 Å². The van der Waals surface area contributed by atoms with Crippen LogP contribution in [0.3, 0.4) is 0 Å². The highest BCUT2D eigenvalue weighted by molar-refractivity contribution is 5.33. The van der Waals surface area contributed by atoms with Crippen LogP contribution in [-0.2, 0) is 11.3 Å². The van der Waals surface area contributed by atoms with Gasteiger partial charge in [-0.25, -0.2) is 4.39 Å². The van der Waals surface area contributed by atoms with E-state index in [0.29, 0.717) is 17.7 Å². The van der Waals surface area contributed by atoms with Crippen LogP contribution in [0.2, 0.25) is 0 Å². The van der Waals surface area contributed by atoms with E-state index in [2.05, 4.69) is 0 Å². The normalized spacial score (nSPS) is 23.6. The number of nitriles is 1. The summed E-state index contributed by atoms with van der Waals surface area (Å²) in [5.74, 6) is -0.400. The minimum absolute atomic E-state index is 0.184. The molecule has 4 heteroatoms. The van der Waals surface area contributed by atoms with E-state index in [9.17, 15) is 4.39 Å². The van der Waals surface area contributed by atoms with Crippen molar-refractivity contribution in [3.63, 3.8) is 0 Å². The SMILES string of the molecule is N#Cc1cc(F)cc(COC2CC(N)C2)c1. The van der Waals surface area contributed by atoms with E-state index in [1.165, 1.54) is 12.1 Å². The molecule has 2 N–H and O–H groups in total. The monoisotopic (exact) mass is 220 g/mol. The third-order valence-corrected chi connectivity index (χ3v) is 2.70. The number of nitrogens with zero attached hydrogens (tertiary/aromatic N) is 1. The predicted molar refractivity (Wildman–Crippen MR) is 56.9 cm³/mol. The van der Waals surface area contributed by atoms with Crippen LogP contribution in [0.25, 0.3) is 0 Å². The summed E-state index contributed by atoms with van der Waals surface area (Å²) in [4.78, 5) is 0. The van der Waals surface area contributed by atoms with Crippen LogP contribution in [0.5, 0.6) is 0 Å². The molecule has 0 heterocycles. The van der Waals surface area contributed by atoms with Crippen molar-refractivity contribution in [1.82, 2.24) is 0 Å². The lowest BCUT2D eigenvalue weighted by molar-refractivity contribution is -0.0189. The number of hydrogen-bond acceptors (Lipinski definition) is 3. The first kappa shape index (κ1) is 11.1. The van der Waals surface area contributed by atoms with Crippen LogP contribution in [0.1, 0.15) is 24.0 Å². The molecule has 1 fully saturated rings. The molecule has 1 aromatic rings. The Balaban J connectivity index is 1.94. The average Bonchev–Trinajstić information content (AvgIpc) is 2.22. The maximum atomic E-state index is 13.1. The number of benzene rings is 1. The minimum Gasteiger partial charge on any atom is -0.373 e. The largest absolute Gasteiger partial charge is 0.373 e. The molecule has 0 spiro atoms. The number of ether oxygens (including phenoxy) is 1. The Kier molecular flexibility index (Phi) is 3.18. The molecule has 16 heavy (non-hydrogen) atoms. The zero-order valence-corrected chi connectivity index (χ0v) is 8.82. The molecule has 1 saturated carbocycles. The summed E-state index contributed by atoms with van der Waals surface area (Å²) in [5.41, 5.74) is 6.64. The maximum absolute atomic E-state index is 13.1. The molecule has 0 atom stereocenters. The molecule has 1 aromatic carbocycles. The van der Waals surface area contributed by atoms with E-state index in [0.717, 1.165) is 12.8 Å². The second-order valence-corrected chi connectivity index (χ2v) is 4.12. The Bertz CT molecular complexity index is 422.